The molecule has 0 aliphatic heterocycles. The molecule has 0 N–H and O–H groups in total. The maximum atomic E-state index is 11.6. The smallest absolute Gasteiger partial charge is 0.331 e. The van der Waals surface area contributed by atoms with Gasteiger partial charge in [0.1, 0.15) is 0 Å². The highest BCUT2D eigenvalue weighted by Gasteiger charge is 2.13. The Hall–Kier alpha value is -1.23. The predicted molar refractivity (Wildman–Crippen MR) is 60.4 cm³/mol. The second-order valence-corrected chi connectivity index (χ2v) is 4.62. The van der Waals surface area contributed by atoms with E-state index < -0.39 is 9.92 Å². The fraction of sp³-hybridized carbons (Fsp3) is 0.444. The predicted octanol–water partition coefficient (Wildman–Crippen LogP) is 0.705. The number of urea groups is 1. The normalized spacial score (nSPS) is 9.93. The van der Waals surface area contributed by atoms with Crippen molar-refractivity contribution in [1.29, 1.82) is 0 Å². The molecule has 0 saturated carbocycles. The summed E-state index contributed by atoms with van der Waals surface area (Å²) in [5.41, 5.74) is 0. The summed E-state index contributed by atoms with van der Waals surface area (Å²) in [6.07, 6.45) is 1.69. The maximum absolute atomic E-state index is 11.6. The van der Waals surface area contributed by atoms with Crippen LogP contribution in [0.25, 0.3) is 0 Å². The second-order valence-electron chi connectivity index (χ2n) is 3.13. The van der Waals surface area contributed by atoms with Crippen molar-refractivity contribution < 1.29 is 9.22 Å². The summed E-state index contributed by atoms with van der Waals surface area (Å²) in [5, 5.41) is 0. The lowest BCUT2D eigenvalue weighted by molar-refractivity contribution is 0.194. The van der Waals surface area contributed by atoms with Crippen molar-refractivity contribution >= 4 is 16.0 Å². The zero-order chi connectivity index (χ0) is 11.1. The molecule has 0 spiro atoms. The van der Waals surface area contributed by atoms with Gasteiger partial charge in [0, 0.05) is 20.6 Å². The molecule has 0 aromatic rings. The van der Waals surface area contributed by atoms with Gasteiger partial charge in [0.2, 0.25) is 0 Å². The molecule has 4 nitrogen and oxygen atoms in total. The highest BCUT2D eigenvalue weighted by atomic mass is 28.2. The molecule has 0 aliphatic carbocycles. The van der Waals surface area contributed by atoms with Crippen molar-refractivity contribution in [3.63, 3.8) is 0 Å². The molecule has 0 aromatic carbocycles. The highest BCUT2D eigenvalue weighted by Crippen LogP contribution is 1.95. The molecule has 0 rings (SSSR count). The molecule has 5 heteroatoms. The SMILES string of the molecule is C=CCN(C)C(=O)N(C)[SiH2]OC(=C)C. The fourth-order valence-electron chi connectivity index (χ4n) is 0.825. The third-order valence-corrected chi connectivity index (χ3v) is 2.84. The van der Waals surface area contributed by atoms with Crippen molar-refractivity contribution in [3.05, 3.63) is 25.0 Å². The largest absolute Gasteiger partial charge is 0.534 e. The number of likely N-dealkylation sites (N-methyl/N-ethyl adjacent to an activating group) is 1. The van der Waals surface area contributed by atoms with Gasteiger partial charge < -0.3 is 13.9 Å². The summed E-state index contributed by atoms with van der Waals surface area (Å²) in [4.78, 5) is 13.2. The van der Waals surface area contributed by atoms with Gasteiger partial charge in [0.15, 0.2) is 0 Å². The molecule has 14 heavy (non-hydrogen) atoms. The van der Waals surface area contributed by atoms with Gasteiger partial charge >= 0.3 is 16.0 Å². The molecule has 0 unspecified atom stereocenters. The number of hydrogen-bond donors (Lipinski definition) is 0. The van der Waals surface area contributed by atoms with Crippen molar-refractivity contribution in [2.75, 3.05) is 20.6 Å². The van der Waals surface area contributed by atoms with Crippen molar-refractivity contribution in [2.45, 2.75) is 6.92 Å². The minimum Gasteiger partial charge on any atom is -0.534 e. The first-order valence-corrected chi connectivity index (χ1v) is 5.55. The van der Waals surface area contributed by atoms with E-state index >= 15 is 0 Å². The summed E-state index contributed by atoms with van der Waals surface area (Å²) in [6.45, 7) is 9.51. The van der Waals surface area contributed by atoms with Gasteiger partial charge in [-0.3, -0.25) is 0 Å². The van der Waals surface area contributed by atoms with Gasteiger partial charge in [0.25, 0.3) is 0 Å². The van der Waals surface area contributed by atoms with Crippen molar-refractivity contribution in [2.24, 2.45) is 0 Å². The van der Waals surface area contributed by atoms with Crippen LogP contribution < -0.4 is 0 Å². The van der Waals surface area contributed by atoms with E-state index in [2.05, 4.69) is 13.2 Å². The van der Waals surface area contributed by atoms with Crippen LogP contribution in [-0.2, 0) is 4.43 Å². The lowest BCUT2D eigenvalue weighted by atomic mass is 10.6. The average Bonchev–Trinajstić information content (AvgIpc) is 2.13. The molecule has 0 heterocycles. The second kappa shape index (κ2) is 6.26. The van der Waals surface area contributed by atoms with Gasteiger partial charge in [-0.25, -0.2) is 4.79 Å². The monoisotopic (exact) mass is 214 g/mol. The van der Waals surface area contributed by atoms with E-state index in [-0.39, 0.29) is 6.03 Å². The molecular weight excluding hydrogens is 196 g/mol. The maximum Gasteiger partial charge on any atom is 0.331 e. The number of carbonyl (C=O) groups is 1. The summed E-state index contributed by atoms with van der Waals surface area (Å²) >= 11 is 0. The van der Waals surface area contributed by atoms with E-state index in [0.29, 0.717) is 12.3 Å². The molecule has 0 atom stereocenters. The Morgan fingerprint density at radius 3 is 2.57 bits per heavy atom. The molecule has 0 aromatic heterocycles. The van der Waals surface area contributed by atoms with Crippen LogP contribution in [0.15, 0.2) is 25.0 Å². The Bertz CT molecular complexity index is 231. The lowest BCUT2D eigenvalue weighted by Gasteiger charge is -2.23. The van der Waals surface area contributed by atoms with E-state index in [4.69, 9.17) is 4.43 Å². The van der Waals surface area contributed by atoms with Gasteiger partial charge in [-0.15, -0.1) is 6.58 Å². The molecule has 2 amide bonds. The van der Waals surface area contributed by atoms with E-state index in [9.17, 15) is 4.79 Å². The minimum atomic E-state index is -1.01. The van der Waals surface area contributed by atoms with Gasteiger partial charge in [-0.2, -0.15) is 0 Å². The number of allylic oxidation sites excluding steroid dienone is 1. The Kier molecular flexibility index (Phi) is 5.70. The third kappa shape index (κ3) is 4.71. The zero-order valence-electron chi connectivity index (χ0n) is 9.12. The first-order chi connectivity index (χ1) is 6.49. The van der Waals surface area contributed by atoms with Crippen molar-refractivity contribution in [3.8, 4) is 0 Å². The highest BCUT2D eigenvalue weighted by molar-refractivity contribution is 6.29. The van der Waals surface area contributed by atoms with Crippen LogP contribution in [0.1, 0.15) is 6.92 Å². The van der Waals surface area contributed by atoms with Gasteiger partial charge in [0.05, 0.1) is 5.76 Å². The Labute approximate surface area is 87.9 Å². The number of hydrogen-bond acceptors (Lipinski definition) is 2. The first kappa shape index (κ1) is 12.8. The number of amides is 2. The Balaban J connectivity index is 3.97. The summed E-state index contributed by atoms with van der Waals surface area (Å²) in [5.74, 6) is 0.655. The van der Waals surface area contributed by atoms with Crippen LogP contribution in [0, 0.1) is 0 Å². The Morgan fingerprint density at radius 1 is 1.57 bits per heavy atom. The molecule has 0 radical (unpaired) electrons. The molecule has 0 aliphatic rings. The average molecular weight is 214 g/mol. The summed E-state index contributed by atoms with van der Waals surface area (Å²) in [6, 6.07) is -0.0437. The molecule has 0 saturated heterocycles. The van der Waals surface area contributed by atoms with Crippen LogP contribution in [-0.4, -0.2) is 46.1 Å². The van der Waals surface area contributed by atoms with Crippen LogP contribution in [0.3, 0.4) is 0 Å². The van der Waals surface area contributed by atoms with Gasteiger partial charge in [-0.1, -0.05) is 12.7 Å². The van der Waals surface area contributed by atoms with E-state index in [1.165, 1.54) is 0 Å². The van der Waals surface area contributed by atoms with E-state index in [1.54, 1.807) is 36.6 Å². The third-order valence-electron chi connectivity index (χ3n) is 1.56. The van der Waals surface area contributed by atoms with Crippen LogP contribution >= 0.6 is 0 Å². The molecular formula is C9H18N2O2Si. The Morgan fingerprint density at radius 2 is 2.14 bits per heavy atom. The first-order valence-electron chi connectivity index (χ1n) is 4.34. The minimum absolute atomic E-state index is 0.0437. The van der Waals surface area contributed by atoms with E-state index in [1.807, 2.05) is 0 Å². The fourth-order valence-corrected chi connectivity index (χ4v) is 1.59. The molecule has 80 valence electrons. The van der Waals surface area contributed by atoms with Gasteiger partial charge in [-0.05, 0) is 6.92 Å². The van der Waals surface area contributed by atoms with Crippen LogP contribution in [0.4, 0.5) is 4.79 Å². The number of nitrogens with zero attached hydrogens (tertiary/aromatic N) is 2. The standard InChI is InChI=1S/C9H18N2O2Si/c1-6-7-10(4)9(12)11(5)14-13-8(2)3/h6H,1-2,7,14H2,3-5H3. The number of carbonyl (C=O) groups excluding carboxylic acids is 1. The topological polar surface area (TPSA) is 32.8 Å². The summed E-state index contributed by atoms with van der Waals surface area (Å²) < 4.78 is 6.86. The zero-order valence-corrected chi connectivity index (χ0v) is 10.5. The lowest BCUT2D eigenvalue weighted by Crippen LogP contribution is -2.41. The van der Waals surface area contributed by atoms with Crippen molar-refractivity contribution in [1.82, 2.24) is 9.47 Å². The summed E-state index contributed by atoms with van der Waals surface area (Å²) in [7, 11) is 2.45. The molecule has 0 bridgehead atoms. The molecule has 0 fully saturated rings. The van der Waals surface area contributed by atoms with Crippen LogP contribution in [0.5, 0.6) is 0 Å². The number of rotatable bonds is 5. The quantitative estimate of drug-likeness (QED) is 0.383. The van der Waals surface area contributed by atoms with E-state index in [0.717, 1.165) is 0 Å². The van der Waals surface area contributed by atoms with Crippen LogP contribution in [0.2, 0.25) is 0 Å².